The van der Waals surface area contributed by atoms with E-state index in [-0.39, 0.29) is 6.42 Å². The van der Waals surface area contributed by atoms with Crippen molar-refractivity contribution < 1.29 is 75.1 Å². The van der Waals surface area contributed by atoms with E-state index in [0.29, 0.717) is 6.42 Å². The second kappa shape index (κ2) is 24.2. The van der Waals surface area contributed by atoms with Crippen LogP contribution in [-0.4, -0.2) is 160 Å². The molecule has 0 aromatic rings. The van der Waals surface area contributed by atoms with Gasteiger partial charge in [-0.15, -0.1) is 0 Å². The van der Waals surface area contributed by atoms with Crippen molar-refractivity contribution in [2.45, 2.75) is 203 Å². The summed E-state index contributed by atoms with van der Waals surface area (Å²) in [7, 11) is 1.27. The molecule has 54 heavy (non-hydrogen) atoms. The van der Waals surface area contributed by atoms with E-state index < -0.39 is 123 Å². The Morgan fingerprint density at radius 1 is 0.685 bits per heavy atom. The zero-order valence-electron chi connectivity index (χ0n) is 33.2. The highest BCUT2D eigenvalue weighted by molar-refractivity contribution is 5.76. The average Bonchev–Trinajstić information content (AvgIpc) is 3.15. The first kappa shape index (κ1) is 45.1. The third-order valence-electron chi connectivity index (χ3n) is 10.4. The highest BCUT2D eigenvalue weighted by Crippen LogP contribution is 2.31. The predicted molar refractivity (Wildman–Crippen MR) is 192 cm³/mol. The number of methoxy groups -OCH3 is 1. The second-order valence-corrected chi connectivity index (χ2v) is 14.7. The molecule has 3 fully saturated rings. The fraction of sp³-hybridized carbons (Fsp3) is 0.946. The number of aliphatic hydroxyl groups excluding tert-OH is 7. The molecule has 316 valence electrons. The standard InChI is InChI=1S/C37H68N2O15/c1-5-6-7-8-9-10-11-12-13-14-15-16-17-18-25(42)39-27-30(45)29(44)23(19-40)53-36(27)54-33-24(52-35(48)26(31(33)46)38-22(3)41)20-50-37-34(49-4)32(47)28(43)21(2)51-37/h21,23-24,26-37,40,43-48H,5-20H2,1-4H3,(H,38,41)(H,39,42)/t21-,23+,24+,26+,27+,28+,29+,30+,31+,32+,33+,34-,35?,36?,37+/m0/s1/i18D/t18?,21-,23+,24+,26+,27+,28+,29+,30+,31+,32+,33+,34-,35?,36?,37+. The molecule has 9 N–H and O–H groups in total. The molecule has 3 heterocycles. The third-order valence-corrected chi connectivity index (χ3v) is 10.4. The second-order valence-electron chi connectivity index (χ2n) is 14.7. The first-order valence-corrected chi connectivity index (χ1v) is 19.7. The van der Waals surface area contributed by atoms with Crippen LogP contribution in [0.4, 0.5) is 0 Å². The highest BCUT2D eigenvalue weighted by Gasteiger charge is 2.52. The molecule has 0 saturated carbocycles. The van der Waals surface area contributed by atoms with Crippen molar-refractivity contribution in [1.29, 1.82) is 0 Å². The van der Waals surface area contributed by atoms with E-state index in [9.17, 15) is 45.3 Å². The lowest BCUT2D eigenvalue weighted by molar-refractivity contribution is -0.341. The van der Waals surface area contributed by atoms with Crippen LogP contribution in [0.15, 0.2) is 0 Å². The number of carbonyl (C=O) groups is 2. The van der Waals surface area contributed by atoms with Crippen LogP contribution in [0.1, 0.15) is 112 Å². The van der Waals surface area contributed by atoms with Crippen molar-refractivity contribution >= 4 is 11.8 Å². The molecule has 17 nitrogen and oxygen atoms in total. The third kappa shape index (κ3) is 13.8. The van der Waals surface area contributed by atoms with Gasteiger partial charge in [0.2, 0.25) is 11.8 Å². The number of unbranched alkanes of at least 4 members (excludes halogenated alkanes) is 11. The Morgan fingerprint density at radius 2 is 1.28 bits per heavy atom. The quantitative estimate of drug-likeness (QED) is 0.0612. The topological polar surface area (TPSA) is 255 Å². The molecule has 0 aromatic heterocycles. The minimum absolute atomic E-state index is 0.251. The van der Waals surface area contributed by atoms with Gasteiger partial charge >= 0.3 is 0 Å². The lowest BCUT2D eigenvalue weighted by Gasteiger charge is -2.48. The summed E-state index contributed by atoms with van der Waals surface area (Å²) in [6.07, 6.45) is -6.16. The van der Waals surface area contributed by atoms with Gasteiger partial charge in [0.15, 0.2) is 18.9 Å². The van der Waals surface area contributed by atoms with Crippen LogP contribution < -0.4 is 10.6 Å². The lowest BCUT2D eigenvalue weighted by Crippen LogP contribution is -2.69. The van der Waals surface area contributed by atoms with E-state index in [1.54, 1.807) is 0 Å². The molecule has 16 atom stereocenters. The van der Waals surface area contributed by atoms with Crippen molar-refractivity contribution in [3.8, 4) is 0 Å². The number of rotatable bonds is 23. The van der Waals surface area contributed by atoms with Crippen molar-refractivity contribution in [2.75, 3.05) is 20.3 Å². The Morgan fingerprint density at radius 3 is 1.83 bits per heavy atom. The molecule has 3 rings (SSSR count). The number of aliphatic hydroxyl groups is 7. The number of nitrogens with one attached hydrogen (secondary N) is 2. The van der Waals surface area contributed by atoms with Gasteiger partial charge in [-0.3, -0.25) is 9.59 Å². The van der Waals surface area contributed by atoms with Crippen LogP contribution >= 0.6 is 0 Å². The first-order chi connectivity index (χ1) is 26.2. The zero-order chi connectivity index (χ0) is 40.7. The number of carbonyl (C=O) groups excluding carboxylic acids is 2. The summed E-state index contributed by atoms with van der Waals surface area (Å²) < 4.78 is 42.9. The summed E-state index contributed by atoms with van der Waals surface area (Å²) in [5.74, 6) is -1.38. The lowest BCUT2D eigenvalue weighted by atomic mass is 9.94. The highest BCUT2D eigenvalue weighted by atomic mass is 16.7. The van der Waals surface area contributed by atoms with Crippen LogP contribution in [0.2, 0.25) is 0 Å². The van der Waals surface area contributed by atoms with Crippen molar-refractivity contribution in [1.82, 2.24) is 10.6 Å². The fourth-order valence-electron chi connectivity index (χ4n) is 7.15. The minimum Gasteiger partial charge on any atom is -0.394 e. The van der Waals surface area contributed by atoms with Gasteiger partial charge < -0.3 is 74.8 Å². The SMILES string of the molecule is [2H]C(CCCCCCCCCCCCCC)C(=O)N[C@H]1C(O[C@H]2[C@H](O)[C@@H](NC(C)=O)C(O)O[C@@H]2CO[C@@H]2O[C@@H](C)[C@@H](O)[C@@H](O)[C@@H]2OC)O[C@H](CO)[C@@H](O)[C@@H]1O. The summed E-state index contributed by atoms with van der Waals surface area (Å²) in [6, 6.07) is -2.93. The van der Waals surface area contributed by atoms with Crippen molar-refractivity contribution in [2.24, 2.45) is 0 Å². The van der Waals surface area contributed by atoms with Crippen molar-refractivity contribution in [3.63, 3.8) is 0 Å². The van der Waals surface area contributed by atoms with E-state index in [1.165, 1.54) is 59.0 Å². The van der Waals surface area contributed by atoms with Crippen LogP contribution in [0.5, 0.6) is 0 Å². The summed E-state index contributed by atoms with van der Waals surface area (Å²) in [6.45, 7) is 3.63. The van der Waals surface area contributed by atoms with Gasteiger partial charge in [0.25, 0.3) is 0 Å². The Kier molecular flexibility index (Phi) is 20.3. The molecule has 17 heteroatoms. The van der Waals surface area contributed by atoms with Crippen LogP contribution in [0, 0.1) is 0 Å². The summed E-state index contributed by atoms with van der Waals surface area (Å²) in [5, 5.41) is 79.6. The number of hydrogen-bond acceptors (Lipinski definition) is 15. The molecule has 3 saturated heterocycles. The van der Waals surface area contributed by atoms with E-state index in [2.05, 4.69) is 17.6 Å². The smallest absolute Gasteiger partial charge is 0.220 e. The maximum absolute atomic E-state index is 13.3. The van der Waals surface area contributed by atoms with Crippen LogP contribution in [0.25, 0.3) is 0 Å². The minimum atomic E-state index is -1.77. The molecular formula is C37H68N2O15. The maximum atomic E-state index is 13.3. The van der Waals surface area contributed by atoms with Gasteiger partial charge in [0.05, 0.1) is 19.3 Å². The van der Waals surface area contributed by atoms with Gasteiger partial charge in [-0.1, -0.05) is 84.0 Å². The Balaban J connectivity index is 1.66. The summed E-state index contributed by atoms with van der Waals surface area (Å²) in [5.41, 5.74) is 0. The van der Waals surface area contributed by atoms with Gasteiger partial charge in [-0.2, -0.15) is 0 Å². The zero-order valence-corrected chi connectivity index (χ0v) is 32.2. The van der Waals surface area contributed by atoms with Gasteiger partial charge in [0, 0.05) is 21.8 Å². The fourth-order valence-corrected chi connectivity index (χ4v) is 7.15. The van der Waals surface area contributed by atoms with E-state index in [0.717, 1.165) is 32.6 Å². The van der Waals surface area contributed by atoms with Crippen molar-refractivity contribution in [3.05, 3.63) is 0 Å². The molecule has 3 unspecified atom stereocenters. The Hall–Kier alpha value is -1.58. The van der Waals surface area contributed by atoms with E-state index >= 15 is 0 Å². The number of amides is 2. The number of ether oxygens (including phenoxy) is 6. The Bertz CT molecular complexity index is 1110. The monoisotopic (exact) mass is 781 g/mol. The maximum Gasteiger partial charge on any atom is 0.220 e. The molecule has 2 amide bonds. The van der Waals surface area contributed by atoms with E-state index in [4.69, 9.17) is 29.8 Å². The van der Waals surface area contributed by atoms with Gasteiger partial charge in [-0.25, -0.2) is 0 Å². The number of hydrogen-bond donors (Lipinski definition) is 9. The molecule has 0 bridgehead atoms. The molecule has 0 aromatic carbocycles. The van der Waals surface area contributed by atoms with E-state index in [1.807, 2.05) is 0 Å². The normalized spacial score (nSPS) is 38.1. The Labute approximate surface area is 320 Å². The predicted octanol–water partition coefficient (Wildman–Crippen LogP) is -0.142. The molecule has 0 spiro atoms. The average molecular weight is 782 g/mol. The molecular weight excluding hydrogens is 712 g/mol. The largest absolute Gasteiger partial charge is 0.394 e. The van der Waals surface area contributed by atoms with Crippen LogP contribution in [0.3, 0.4) is 0 Å². The molecule has 3 aliphatic heterocycles. The van der Waals surface area contributed by atoms with Gasteiger partial charge in [-0.05, 0) is 13.3 Å². The van der Waals surface area contributed by atoms with Gasteiger partial charge in [0.1, 0.15) is 67.0 Å². The summed E-state index contributed by atoms with van der Waals surface area (Å²) >= 11 is 0. The molecule has 0 radical (unpaired) electrons. The molecule has 0 aliphatic carbocycles. The molecule has 3 aliphatic rings. The first-order valence-electron chi connectivity index (χ1n) is 20.3. The van der Waals surface area contributed by atoms with Crippen LogP contribution in [-0.2, 0) is 38.0 Å². The summed E-state index contributed by atoms with van der Waals surface area (Å²) in [4.78, 5) is 25.2.